The van der Waals surface area contributed by atoms with Crippen LogP contribution >= 0.6 is 11.3 Å². The molecule has 0 saturated heterocycles. The number of anilines is 1. The highest BCUT2D eigenvalue weighted by atomic mass is 32.1. The largest absolute Gasteiger partial charge is 0.469 e. The molecule has 0 radical (unpaired) electrons. The number of aryl methyl sites for hydroxylation is 1. The molecule has 0 aliphatic rings. The van der Waals surface area contributed by atoms with Gasteiger partial charge in [-0.2, -0.15) is 0 Å². The van der Waals surface area contributed by atoms with Crippen molar-refractivity contribution in [2.75, 3.05) is 5.32 Å². The van der Waals surface area contributed by atoms with Crippen LogP contribution in [0.5, 0.6) is 0 Å². The number of hydrogen-bond acceptors (Lipinski definition) is 5. The Morgan fingerprint density at radius 3 is 2.85 bits per heavy atom. The number of amides is 2. The topological polar surface area (TPSA) is 84.2 Å². The van der Waals surface area contributed by atoms with E-state index < -0.39 is 0 Å². The van der Waals surface area contributed by atoms with E-state index in [1.165, 1.54) is 29.7 Å². The zero-order valence-electron chi connectivity index (χ0n) is 14.8. The van der Waals surface area contributed by atoms with Gasteiger partial charge in [-0.1, -0.05) is 12.1 Å². The molecule has 0 aliphatic carbocycles. The van der Waals surface area contributed by atoms with Crippen molar-refractivity contribution in [1.29, 1.82) is 0 Å². The molecule has 0 unspecified atom stereocenters. The van der Waals surface area contributed by atoms with Crippen molar-refractivity contribution in [3.8, 4) is 0 Å². The molecule has 2 amide bonds. The number of furan rings is 1. The lowest BCUT2D eigenvalue weighted by atomic mass is 10.1. The lowest BCUT2D eigenvalue weighted by molar-refractivity contribution is -0.121. The summed E-state index contributed by atoms with van der Waals surface area (Å²) in [6, 6.07) is 7.36. The highest BCUT2D eigenvalue weighted by Crippen LogP contribution is 2.19. The number of benzene rings is 1. The third kappa shape index (κ3) is 4.79. The van der Waals surface area contributed by atoms with Crippen molar-refractivity contribution in [3.63, 3.8) is 0 Å². The van der Waals surface area contributed by atoms with Crippen molar-refractivity contribution in [1.82, 2.24) is 10.3 Å². The molecule has 2 N–H and O–H groups in total. The lowest BCUT2D eigenvalue weighted by Crippen LogP contribution is -2.28. The molecule has 1 atom stereocenters. The molecule has 27 heavy (non-hydrogen) atoms. The number of rotatable bonds is 6. The summed E-state index contributed by atoms with van der Waals surface area (Å²) in [5.74, 6) is -0.372. The van der Waals surface area contributed by atoms with E-state index in [1.807, 2.05) is 0 Å². The predicted molar refractivity (Wildman–Crippen MR) is 100 cm³/mol. The quantitative estimate of drug-likeness (QED) is 0.673. The Morgan fingerprint density at radius 2 is 2.15 bits per heavy atom. The van der Waals surface area contributed by atoms with Gasteiger partial charge in [0.15, 0.2) is 5.13 Å². The van der Waals surface area contributed by atoms with Crippen LogP contribution in [0.1, 0.15) is 40.3 Å². The Kier molecular flexibility index (Phi) is 5.66. The Hall–Kier alpha value is -3.00. The summed E-state index contributed by atoms with van der Waals surface area (Å²) in [5.41, 5.74) is 1.67. The summed E-state index contributed by atoms with van der Waals surface area (Å²) in [6.45, 7) is 3.49. The van der Waals surface area contributed by atoms with E-state index in [-0.39, 0.29) is 30.1 Å². The Balaban J connectivity index is 1.56. The Labute approximate surface area is 159 Å². The van der Waals surface area contributed by atoms with E-state index in [4.69, 9.17) is 4.42 Å². The zero-order valence-corrected chi connectivity index (χ0v) is 15.6. The molecule has 1 aromatic carbocycles. The van der Waals surface area contributed by atoms with Crippen molar-refractivity contribution < 1.29 is 18.4 Å². The van der Waals surface area contributed by atoms with Crippen LogP contribution in [-0.4, -0.2) is 16.8 Å². The van der Waals surface area contributed by atoms with Crippen LogP contribution in [0.2, 0.25) is 0 Å². The van der Waals surface area contributed by atoms with Gasteiger partial charge in [-0.15, -0.1) is 11.3 Å². The van der Waals surface area contributed by atoms with Crippen LogP contribution in [0.4, 0.5) is 9.52 Å². The normalized spacial score (nSPS) is 11.8. The summed E-state index contributed by atoms with van der Waals surface area (Å²) in [5, 5.41) is 7.61. The van der Waals surface area contributed by atoms with Crippen molar-refractivity contribution >= 4 is 28.3 Å². The van der Waals surface area contributed by atoms with Gasteiger partial charge in [0, 0.05) is 5.38 Å². The molecule has 0 saturated carbocycles. The maximum Gasteiger partial charge on any atom is 0.260 e. The fraction of sp³-hybridized carbons (Fsp3) is 0.211. The van der Waals surface area contributed by atoms with Gasteiger partial charge < -0.3 is 9.73 Å². The maximum atomic E-state index is 13.3. The van der Waals surface area contributed by atoms with Crippen molar-refractivity contribution in [3.05, 3.63) is 70.4 Å². The molecule has 0 aliphatic heterocycles. The average Bonchev–Trinajstić information content (AvgIpc) is 3.23. The molecule has 0 bridgehead atoms. The SMILES string of the molecule is Cc1occc1C(=O)Nc1nc(CC(=O)N[C@H](C)c2cccc(F)c2)cs1. The smallest absolute Gasteiger partial charge is 0.260 e. The fourth-order valence-electron chi connectivity index (χ4n) is 2.55. The second-order valence-corrected chi connectivity index (χ2v) is 6.87. The molecular weight excluding hydrogens is 369 g/mol. The molecule has 140 valence electrons. The number of nitrogens with zero attached hydrogens (tertiary/aromatic N) is 1. The number of carbonyl (C=O) groups is 2. The van der Waals surface area contributed by atoms with E-state index in [9.17, 15) is 14.0 Å². The number of halogens is 1. The minimum absolute atomic E-state index is 0.0662. The number of nitrogens with one attached hydrogen (secondary N) is 2. The number of thiazole rings is 1. The molecule has 6 nitrogen and oxygen atoms in total. The summed E-state index contributed by atoms with van der Waals surface area (Å²) in [4.78, 5) is 28.6. The first-order valence-corrected chi connectivity index (χ1v) is 9.15. The van der Waals surface area contributed by atoms with Gasteiger partial charge in [0.1, 0.15) is 11.6 Å². The molecule has 8 heteroatoms. The van der Waals surface area contributed by atoms with Crippen LogP contribution in [0, 0.1) is 12.7 Å². The van der Waals surface area contributed by atoms with Crippen LogP contribution in [0.15, 0.2) is 46.4 Å². The molecular formula is C19H18FN3O3S. The first kappa shape index (κ1) is 18.8. The third-order valence-corrected chi connectivity index (χ3v) is 4.75. The standard InChI is InChI=1S/C19H18FN3O3S/c1-11(13-4-3-5-14(20)8-13)21-17(24)9-15-10-27-19(22-15)23-18(25)16-6-7-26-12(16)2/h3-8,10-11H,9H2,1-2H3,(H,21,24)(H,22,23,25)/t11-/m1/s1. The van der Waals surface area contributed by atoms with Crippen LogP contribution in [-0.2, 0) is 11.2 Å². The van der Waals surface area contributed by atoms with Gasteiger partial charge in [-0.25, -0.2) is 9.37 Å². The van der Waals surface area contributed by atoms with Crippen LogP contribution in [0.3, 0.4) is 0 Å². The second kappa shape index (κ2) is 8.13. The molecule has 3 rings (SSSR count). The van der Waals surface area contributed by atoms with E-state index in [0.717, 1.165) is 0 Å². The molecule has 0 spiro atoms. The van der Waals surface area contributed by atoms with Crippen molar-refractivity contribution in [2.24, 2.45) is 0 Å². The highest BCUT2D eigenvalue weighted by molar-refractivity contribution is 7.14. The van der Waals surface area contributed by atoms with Gasteiger partial charge >= 0.3 is 0 Å². The molecule has 2 aromatic heterocycles. The molecule has 0 fully saturated rings. The predicted octanol–water partition coefficient (Wildman–Crippen LogP) is 3.86. The summed E-state index contributed by atoms with van der Waals surface area (Å²) in [6.07, 6.45) is 1.51. The monoisotopic (exact) mass is 387 g/mol. The zero-order chi connectivity index (χ0) is 19.4. The second-order valence-electron chi connectivity index (χ2n) is 6.01. The fourth-order valence-corrected chi connectivity index (χ4v) is 3.25. The van der Waals surface area contributed by atoms with Gasteiger partial charge in [-0.3, -0.25) is 14.9 Å². The van der Waals surface area contributed by atoms with Gasteiger partial charge in [-0.05, 0) is 37.6 Å². The van der Waals surface area contributed by atoms with Gasteiger partial charge in [0.25, 0.3) is 5.91 Å². The van der Waals surface area contributed by atoms with E-state index in [2.05, 4.69) is 15.6 Å². The first-order chi connectivity index (χ1) is 12.9. The number of carbonyl (C=O) groups excluding carboxylic acids is 2. The van der Waals surface area contributed by atoms with E-state index >= 15 is 0 Å². The van der Waals surface area contributed by atoms with Crippen LogP contribution in [0.25, 0.3) is 0 Å². The van der Waals surface area contributed by atoms with Gasteiger partial charge in [0.05, 0.1) is 30.0 Å². The number of aromatic nitrogens is 1. The summed E-state index contributed by atoms with van der Waals surface area (Å²) in [7, 11) is 0. The highest BCUT2D eigenvalue weighted by Gasteiger charge is 2.15. The van der Waals surface area contributed by atoms with Gasteiger partial charge in [0.2, 0.25) is 5.91 Å². The maximum absolute atomic E-state index is 13.3. The van der Waals surface area contributed by atoms with Crippen LogP contribution < -0.4 is 10.6 Å². The Bertz CT molecular complexity index is 967. The first-order valence-electron chi connectivity index (χ1n) is 8.27. The van der Waals surface area contributed by atoms with E-state index in [1.54, 1.807) is 37.4 Å². The third-order valence-electron chi connectivity index (χ3n) is 3.94. The minimum atomic E-state index is -0.346. The Morgan fingerprint density at radius 1 is 1.33 bits per heavy atom. The minimum Gasteiger partial charge on any atom is -0.469 e. The lowest BCUT2D eigenvalue weighted by Gasteiger charge is -2.14. The summed E-state index contributed by atoms with van der Waals surface area (Å²) >= 11 is 1.24. The summed E-state index contributed by atoms with van der Waals surface area (Å²) < 4.78 is 18.4. The molecule has 3 aromatic rings. The van der Waals surface area contributed by atoms with Crippen molar-refractivity contribution in [2.45, 2.75) is 26.3 Å². The molecule has 2 heterocycles. The number of hydrogen-bond donors (Lipinski definition) is 2. The average molecular weight is 387 g/mol. The van der Waals surface area contributed by atoms with E-state index in [0.29, 0.717) is 27.7 Å².